The Balaban J connectivity index is 2.41. The van der Waals surface area contributed by atoms with Gasteiger partial charge in [-0.1, -0.05) is 41.9 Å². The smallest absolute Gasteiger partial charge is 0.101 e. The van der Waals surface area contributed by atoms with Crippen molar-refractivity contribution in [3.8, 4) is 23.4 Å². The van der Waals surface area contributed by atoms with Crippen LogP contribution in [-0.2, 0) is 7.05 Å². The zero-order valence-corrected chi connectivity index (χ0v) is 12.0. The molecule has 0 aliphatic carbocycles. The van der Waals surface area contributed by atoms with Crippen molar-refractivity contribution in [1.29, 1.82) is 10.5 Å². The number of nitriles is 2. The molecule has 0 atom stereocenters. The highest BCUT2D eigenvalue weighted by molar-refractivity contribution is 6.38. The Hall–Kier alpha value is -2.75. The lowest BCUT2D eigenvalue weighted by molar-refractivity contribution is 0.978. The van der Waals surface area contributed by atoms with Gasteiger partial charge in [-0.05, 0) is 17.7 Å². The molecule has 0 bridgehead atoms. The van der Waals surface area contributed by atoms with Gasteiger partial charge >= 0.3 is 0 Å². The van der Waals surface area contributed by atoms with Crippen LogP contribution in [0.4, 0.5) is 0 Å². The first kappa shape index (κ1) is 13.2. The third-order valence-corrected chi connectivity index (χ3v) is 3.95. The van der Waals surface area contributed by atoms with Crippen molar-refractivity contribution in [2.24, 2.45) is 7.05 Å². The van der Waals surface area contributed by atoms with Crippen molar-refractivity contribution in [2.75, 3.05) is 0 Å². The van der Waals surface area contributed by atoms with Crippen molar-refractivity contribution >= 4 is 22.5 Å². The van der Waals surface area contributed by atoms with E-state index in [1.807, 2.05) is 48.0 Å². The van der Waals surface area contributed by atoms with E-state index in [0.717, 1.165) is 22.2 Å². The fraction of sp³-hybridized carbons (Fsp3) is 0.0588. The summed E-state index contributed by atoms with van der Waals surface area (Å²) < 4.78 is 1.95. The number of halogens is 1. The lowest BCUT2D eigenvalue weighted by atomic mass is 10.1. The van der Waals surface area contributed by atoms with Gasteiger partial charge in [-0.15, -0.1) is 0 Å². The zero-order valence-electron chi connectivity index (χ0n) is 11.3. The van der Waals surface area contributed by atoms with Crippen LogP contribution in [0.1, 0.15) is 11.1 Å². The predicted octanol–water partition coefficient (Wildman–Crippen LogP) is 4.24. The fourth-order valence-electron chi connectivity index (χ4n) is 2.54. The number of hydrogen-bond acceptors (Lipinski definition) is 2. The van der Waals surface area contributed by atoms with E-state index in [0.29, 0.717) is 16.1 Å². The average molecular weight is 292 g/mol. The number of hydrogen-bond donors (Lipinski definition) is 0. The molecule has 0 unspecified atom stereocenters. The Kier molecular flexibility index (Phi) is 3.14. The van der Waals surface area contributed by atoms with Gasteiger partial charge in [-0.3, -0.25) is 0 Å². The van der Waals surface area contributed by atoms with Gasteiger partial charge in [-0.2, -0.15) is 10.5 Å². The fourth-order valence-corrected chi connectivity index (χ4v) is 2.93. The Bertz CT molecular complexity index is 868. The molecule has 2 aromatic carbocycles. The van der Waals surface area contributed by atoms with Gasteiger partial charge in [0.05, 0.1) is 27.4 Å². The summed E-state index contributed by atoms with van der Waals surface area (Å²) in [7, 11) is 1.91. The molecule has 0 aliphatic rings. The molecule has 0 fully saturated rings. The number of rotatable bonds is 1. The van der Waals surface area contributed by atoms with E-state index >= 15 is 0 Å². The molecular weight excluding hydrogens is 282 g/mol. The highest BCUT2D eigenvalue weighted by Gasteiger charge is 2.17. The number of fused-ring (bicyclic) bond motifs is 1. The number of aryl methyl sites for hydroxylation is 1. The van der Waals surface area contributed by atoms with Gasteiger partial charge in [0.15, 0.2) is 0 Å². The summed E-state index contributed by atoms with van der Waals surface area (Å²) in [5.41, 5.74) is 3.43. The van der Waals surface area contributed by atoms with Gasteiger partial charge < -0.3 is 4.57 Å². The molecule has 0 aliphatic heterocycles. The number of benzene rings is 2. The third-order valence-electron chi connectivity index (χ3n) is 3.57. The van der Waals surface area contributed by atoms with Gasteiger partial charge in [0, 0.05) is 12.4 Å². The second kappa shape index (κ2) is 4.98. The van der Waals surface area contributed by atoms with Crippen LogP contribution in [0.3, 0.4) is 0 Å². The van der Waals surface area contributed by atoms with Gasteiger partial charge in [0.1, 0.15) is 12.1 Å². The summed E-state index contributed by atoms with van der Waals surface area (Å²) in [5.74, 6) is 0. The largest absolute Gasteiger partial charge is 0.342 e. The molecule has 1 aromatic heterocycles. The summed E-state index contributed by atoms with van der Waals surface area (Å²) in [6, 6.07) is 17.3. The molecule has 0 radical (unpaired) electrons. The van der Waals surface area contributed by atoms with Crippen LogP contribution in [0.2, 0.25) is 5.02 Å². The minimum absolute atomic E-state index is 0.345. The van der Waals surface area contributed by atoms with Gasteiger partial charge in [0.2, 0.25) is 0 Å². The monoisotopic (exact) mass is 291 g/mol. The summed E-state index contributed by atoms with van der Waals surface area (Å²) >= 11 is 6.51. The van der Waals surface area contributed by atoms with E-state index in [9.17, 15) is 0 Å². The van der Waals surface area contributed by atoms with E-state index < -0.39 is 0 Å². The van der Waals surface area contributed by atoms with Crippen LogP contribution >= 0.6 is 11.6 Å². The minimum Gasteiger partial charge on any atom is -0.342 e. The standard InChI is InChI=1S/C17H10ClN3/c1-21-15-8-13(10-20)12(9-19)7-14(15)16(18)17(21)11-5-3-2-4-6-11/h2-8H,1H3. The van der Waals surface area contributed by atoms with Crippen molar-refractivity contribution < 1.29 is 0 Å². The van der Waals surface area contributed by atoms with Gasteiger partial charge in [-0.25, -0.2) is 0 Å². The highest BCUT2D eigenvalue weighted by atomic mass is 35.5. The molecule has 0 spiro atoms. The first-order valence-electron chi connectivity index (χ1n) is 6.35. The second-order valence-corrected chi connectivity index (χ2v) is 5.10. The van der Waals surface area contributed by atoms with Crippen molar-refractivity contribution in [1.82, 2.24) is 4.57 Å². The molecule has 0 N–H and O–H groups in total. The maximum atomic E-state index is 9.15. The molecule has 1 heterocycles. The molecule has 4 heteroatoms. The van der Waals surface area contributed by atoms with Crippen molar-refractivity contribution in [3.63, 3.8) is 0 Å². The zero-order chi connectivity index (χ0) is 15.0. The molecule has 21 heavy (non-hydrogen) atoms. The quantitative estimate of drug-likeness (QED) is 0.673. The summed E-state index contributed by atoms with van der Waals surface area (Å²) in [6.07, 6.45) is 0. The van der Waals surface area contributed by atoms with Crippen LogP contribution < -0.4 is 0 Å². The number of nitrogens with zero attached hydrogens (tertiary/aromatic N) is 3. The van der Waals surface area contributed by atoms with E-state index in [2.05, 4.69) is 6.07 Å². The van der Waals surface area contributed by atoms with Crippen molar-refractivity contribution in [3.05, 3.63) is 58.6 Å². The normalized spacial score (nSPS) is 10.3. The topological polar surface area (TPSA) is 52.5 Å². The van der Waals surface area contributed by atoms with Crippen LogP contribution in [0.25, 0.3) is 22.2 Å². The summed E-state index contributed by atoms with van der Waals surface area (Å²) in [6.45, 7) is 0. The van der Waals surface area contributed by atoms with E-state index in [4.69, 9.17) is 22.1 Å². The summed E-state index contributed by atoms with van der Waals surface area (Å²) in [4.78, 5) is 0. The molecule has 0 saturated heterocycles. The molecule has 3 aromatic rings. The Morgan fingerprint density at radius 1 is 1.00 bits per heavy atom. The molecular formula is C17H10ClN3. The lowest BCUT2D eigenvalue weighted by Gasteiger charge is -2.05. The molecule has 0 amide bonds. The minimum atomic E-state index is 0.345. The maximum Gasteiger partial charge on any atom is 0.101 e. The molecule has 3 nitrogen and oxygen atoms in total. The third kappa shape index (κ3) is 1.96. The Morgan fingerprint density at radius 3 is 2.24 bits per heavy atom. The van der Waals surface area contributed by atoms with Crippen LogP contribution in [0, 0.1) is 22.7 Å². The van der Waals surface area contributed by atoms with E-state index in [1.54, 1.807) is 12.1 Å². The van der Waals surface area contributed by atoms with E-state index in [-0.39, 0.29) is 0 Å². The predicted molar refractivity (Wildman–Crippen MR) is 82.8 cm³/mol. The molecule has 0 saturated carbocycles. The average Bonchev–Trinajstić information content (AvgIpc) is 2.77. The highest BCUT2D eigenvalue weighted by Crippen LogP contribution is 2.37. The van der Waals surface area contributed by atoms with Crippen LogP contribution in [0.15, 0.2) is 42.5 Å². The van der Waals surface area contributed by atoms with E-state index in [1.165, 1.54) is 0 Å². The SMILES string of the molecule is Cn1c(-c2ccccc2)c(Cl)c2cc(C#N)c(C#N)cc21. The van der Waals surface area contributed by atoms with Crippen LogP contribution in [0.5, 0.6) is 0 Å². The van der Waals surface area contributed by atoms with Gasteiger partial charge in [0.25, 0.3) is 0 Å². The second-order valence-electron chi connectivity index (χ2n) is 4.73. The summed E-state index contributed by atoms with van der Waals surface area (Å²) in [5, 5.41) is 19.7. The maximum absolute atomic E-state index is 9.15. The number of aromatic nitrogens is 1. The Morgan fingerprint density at radius 2 is 1.62 bits per heavy atom. The first-order valence-corrected chi connectivity index (χ1v) is 6.72. The Labute approximate surface area is 127 Å². The first-order chi connectivity index (χ1) is 10.2. The van der Waals surface area contributed by atoms with Crippen LogP contribution in [-0.4, -0.2) is 4.57 Å². The molecule has 3 rings (SSSR count). The van der Waals surface area contributed by atoms with Crippen molar-refractivity contribution in [2.45, 2.75) is 0 Å². The molecule has 100 valence electrons. The lowest BCUT2D eigenvalue weighted by Crippen LogP contribution is -1.92.